The maximum Gasteiger partial charge on any atom is 0.283 e. The Kier molecular flexibility index (Phi) is 5.40. The van der Waals surface area contributed by atoms with E-state index in [2.05, 4.69) is 38.2 Å². The van der Waals surface area contributed by atoms with Crippen LogP contribution >= 0.6 is 11.3 Å². The summed E-state index contributed by atoms with van der Waals surface area (Å²) in [4.78, 5) is 27.0. The fraction of sp³-hybridized carbons (Fsp3) is 0.200. The van der Waals surface area contributed by atoms with Crippen molar-refractivity contribution in [3.05, 3.63) is 77.1 Å². The molecule has 1 aromatic carbocycles. The Balaban J connectivity index is 1.27. The number of rotatable bonds is 5. The van der Waals surface area contributed by atoms with E-state index in [1.807, 2.05) is 46.9 Å². The summed E-state index contributed by atoms with van der Waals surface area (Å²) in [6, 6.07) is 12.3. The highest BCUT2D eigenvalue weighted by atomic mass is 32.1. The first-order valence-corrected chi connectivity index (χ1v) is 12.0. The molecule has 0 spiro atoms. The van der Waals surface area contributed by atoms with Crippen LogP contribution in [-0.2, 0) is 11.3 Å². The highest BCUT2D eigenvalue weighted by Crippen LogP contribution is 2.31. The first-order chi connectivity index (χ1) is 16.7. The summed E-state index contributed by atoms with van der Waals surface area (Å²) in [7, 11) is 0. The van der Waals surface area contributed by atoms with E-state index in [1.165, 1.54) is 16.9 Å². The lowest BCUT2D eigenvalue weighted by molar-refractivity contribution is 0.0303. The number of fused-ring (bicyclic) bond motifs is 1. The van der Waals surface area contributed by atoms with Crippen molar-refractivity contribution in [3.8, 4) is 22.4 Å². The van der Waals surface area contributed by atoms with Crippen LogP contribution in [0.25, 0.3) is 33.4 Å². The number of hydrogen-bond donors (Lipinski definition) is 1. The monoisotopic (exact) mass is 470 g/mol. The molecule has 0 aliphatic carbocycles. The van der Waals surface area contributed by atoms with Crippen molar-refractivity contribution in [1.82, 2.24) is 29.6 Å². The van der Waals surface area contributed by atoms with Crippen LogP contribution in [0.3, 0.4) is 0 Å². The summed E-state index contributed by atoms with van der Waals surface area (Å²) in [5.74, 6) is -0.0400. The molecule has 1 fully saturated rings. The number of carbonyl (C=O) groups is 1. The van der Waals surface area contributed by atoms with E-state index >= 15 is 0 Å². The molecule has 0 unspecified atom stereocenters. The van der Waals surface area contributed by atoms with Gasteiger partial charge in [-0.3, -0.25) is 9.48 Å². The summed E-state index contributed by atoms with van der Waals surface area (Å²) in [5.41, 5.74) is 5.68. The molecule has 5 aromatic rings. The number of H-pyrrole nitrogens is 1. The molecule has 9 heteroatoms. The highest BCUT2D eigenvalue weighted by molar-refractivity contribution is 7.12. The normalized spacial score (nSPS) is 14.1. The summed E-state index contributed by atoms with van der Waals surface area (Å²) < 4.78 is 7.28. The van der Waals surface area contributed by atoms with Crippen molar-refractivity contribution < 1.29 is 9.53 Å². The molecule has 34 heavy (non-hydrogen) atoms. The van der Waals surface area contributed by atoms with Gasteiger partial charge in [-0.1, -0.05) is 30.3 Å². The summed E-state index contributed by atoms with van der Waals surface area (Å²) >= 11 is 1.37. The molecule has 0 atom stereocenters. The van der Waals surface area contributed by atoms with Gasteiger partial charge in [0.15, 0.2) is 5.01 Å². The molecule has 170 valence electrons. The smallest absolute Gasteiger partial charge is 0.283 e. The van der Waals surface area contributed by atoms with E-state index in [9.17, 15) is 4.79 Å². The number of amides is 1. The number of hydrogen-bond acceptors (Lipinski definition) is 6. The van der Waals surface area contributed by atoms with Gasteiger partial charge in [-0.25, -0.2) is 9.97 Å². The van der Waals surface area contributed by atoms with Gasteiger partial charge in [0, 0.05) is 59.1 Å². The first-order valence-electron chi connectivity index (χ1n) is 11.1. The van der Waals surface area contributed by atoms with Crippen molar-refractivity contribution in [3.63, 3.8) is 0 Å². The Labute approximate surface area is 199 Å². The standard InChI is InChI=1S/C25H22N6O2S/c32-25(30-6-8-33-9-7-30)24-29-22(16-34-24)18-10-20-21(13-27-23(20)26-11-18)19-12-28-31(15-19)14-17-4-2-1-3-5-17/h1-5,10-13,15-16H,6-9,14H2,(H,26,27). The Bertz CT molecular complexity index is 1450. The van der Waals surface area contributed by atoms with Crippen molar-refractivity contribution in [1.29, 1.82) is 0 Å². The number of aromatic nitrogens is 5. The molecule has 1 aliphatic rings. The minimum Gasteiger partial charge on any atom is -0.378 e. The zero-order chi connectivity index (χ0) is 22.9. The topological polar surface area (TPSA) is 88.9 Å². The molecule has 1 aliphatic heterocycles. The molecule has 1 saturated heterocycles. The molecule has 8 nitrogen and oxygen atoms in total. The lowest BCUT2D eigenvalue weighted by atomic mass is 10.1. The first kappa shape index (κ1) is 20.8. The van der Waals surface area contributed by atoms with Gasteiger partial charge >= 0.3 is 0 Å². The Morgan fingerprint density at radius 2 is 1.97 bits per heavy atom. The number of ether oxygens (including phenoxy) is 1. The SMILES string of the molecule is O=C(c1nc(-c2cnc3[nH]cc(-c4cnn(Cc5ccccc5)c4)c3c2)cs1)N1CCOCC1. The second-order valence-corrected chi connectivity index (χ2v) is 9.04. The van der Waals surface area contributed by atoms with Gasteiger partial charge in [0.2, 0.25) is 0 Å². The van der Waals surface area contributed by atoms with Crippen LogP contribution in [0.2, 0.25) is 0 Å². The Hall–Kier alpha value is -3.82. The Morgan fingerprint density at radius 3 is 2.82 bits per heavy atom. The summed E-state index contributed by atoms with van der Waals surface area (Å²) in [5, 5.41) is 7.95. The van der Waals surface area contributed by atoms with Crippen LogP contribution in [0.5, 0.6) is 0 Å². The summed E-state index contributed by atoms with van der Waals surface area (Å²) in [6.45, 7) is 3.06. The number of carbonyl (C=O) groups excluding carboxylic acids is 1. The minimum atomic E-state index is -0.0400. The molecular formula is C25H22N6O2S. The third kappa shape index (κ3) is 4.00. The third-order valence-corrected chi connectivity index (χ3v) is 6.77. The molecular weight excluding hydrogens is 448 g/mol. The zero-order valence-electron chi connectivity index (χ0n) is 18.3. The molecule has 4 aromatic heterocycles. The van der Waals surface area contributed by atoms with Crippen LogP contribution in [-0.4, -0.2) is 61.8 Å². The van der Waals surface area contributed by atoms with Gasteiger partial charge in [-0.05, 0) is 11.6 Å². The van der Waals surface area contributed by atoms with Gasteiger partial charge in [-0.15, -0.1) is 11.3 Å². The van der Waals surface area contributed by atoms with Gasteiger partial charge in [0.1, 0.15) is 5.65 Å². The van der Waals surface area contributed by atoms with Gasteiger partial charge in [-0.2, -0.15) is 5.10 Å². The van der Waals surface area contributed by atoms with Crippen LogP contribution in [0.4, 0.5) is 0 Å². The maximum absolute atomic E-state index is 12.8. The minimum absolute atomic E-state index is 0.0400. The largest absolute Gasteiger partial charge is 0.378 e. The summed E-state index contributed by atoms with van der Waals surface area (Å²) in [6.07, 6.45) is 7.67. The Morgan fingerprint density at radius 1 is 1.12 bits per heavy atom. The number of benzene rings is 1. The van der Waals surface area contributed by atoms with Crippen LogP contribution < -0.4 is 0 Å². The van der Waals surface area contributed by atoms with Crippen LogP contribution in [0, 0.1) is 0 Å². The van der Waals surface area contributed by atoms with E-state index in [-0.39, 0.29) is 5.91 Å². The number of nitrogens with zero attached hydrogens (tertiary/aromatic N) is 5. The van der Waals surface area contributed by atoms with Gasteiger partial charge < -0.3 is 14.6 Å². The lowest BCUT2D eigenvalue weighted by Gasteiger charge is -2.25. The van der Waals surface area contributed by atoms with Crippen LogP contribution in [0.15, 0.2) is 66.6 Å². The van der Waals surface area contributed by atoms with Crippen molar-refractivity contribution in [2.45, 2.75) is 6.54 Å². The molecule has 0 bridgehead atoms. The van der Waals surface area contributed by atoms with Crippen LogP contribution in [0.1, 0.15) is 15.4 Å². The number of aromatic amines is 1. The fourth-order valence-corrected chi connectivity index (χ4v) is 4.94. The molecule has 6 rings (SSSR count). The second kappa shape index (κ2) is 8.85. The van der Waals surface area contributed by atoms with Crippen molar-refractivity contribution in [2.24, 2.45) is 0 Å². The maximum atomic E-state index is 12.8. The second-order valence-electron chi connectivity index (χ2n) is 8.18. The molecule has 0 radical (unpaired) electrons. The predicted octanol–water partition coefficient (Wildman–Crippen LogP) is 4.07. The number of pyridine rings is 1. The average Bonchev–Trinajstić information content (AvgIpc) is 3.64. The van der Waals surface area contributed by atoms with E-state index in [0.29, 0.717) is 37.9 Å². The van der Waals surface area contributed by atoms with E-state index in [0.717, 1.165) is 33.4 Å². The lowest BCUT2D eigenvalue weighted by Crippen LogP contribution is -2.40. The highest BCUT2D eigenvalue weighted by Gasteiger charge is 2.22. The number of nitrogens with one attached hydrogen (secondary N) is 1. The molecule has 5 heterocycles. The zero-order valence-corrected chi connectivity index (χ0v) is 19.2. The van der Waals surface area contributed by atoms with Crippen molar-refractivity contribution in [2.75, 3.05) is 26.3 Å². The molecule has 1 N–H and O–H groups in total. The van der Waals surface area contributed by atoms with E-state index < -0.39 is 0 Å². The number of morpholine rings is 1. The molecule has 0 saturated carbocycles. The predicted molar refractivity (Wildman–Crippen MR) is 131 cm³/mol. The number of thiazole rings is 1. The quantitative estimate of drug-likeness (QED) is 0.418. The van der Waals surface area contributed by atoms with Gasteiger partial charge in [0.05, 0.1) is 31.6 Å². The molecule has 1 amide bonds. The third-order valence-electron chi connectivity index (χ3n) is 5.94. The van der Waals surface area contributed by atoms with E-state index in [4.69, 9.17) is 4.74 Å². The van der Waals surface area contributed by atoms with E-state index in [1.54, 1.807) is 11.1 Å². The van der Waals surface area contributed by atoms with Gasteiger partial charge in [0.25, 0.3) is 5.91 Å². The fourth-order valence-electron chi connectivity index (χ4n) is 4.15. The van der Waals surface area contributed by atoms with Crippen molar-refractivity contribution >= 4 is 28.3 Å². The average molecular weight is 471 g/mol.